The van der Waals surface area contributed by atoms with Crippen molar-refractivity contribution in [1.29, 1.82) is 0 Å². The molecule has 1 aromatic rings. The Hall–Kier alpha value is -0.900. The highest BCUT2D eigenvalue weighted by Crippen LogP contribution is 2.24. The molecule has 1 aromatic carbocycles. The van der Waals surface area contributed by atoms with Gasteiger partial charge < -0.3 is 15.5 Å². The lowest BCUT2D eigenvalue weighted by Crippen LogP contribution is -2.26. The van der Waals surface area contributed by atoms with E-state index in [1.165, 1.54) is 5.56 Å². The molecule has 3 N–H and O–H groups in total. The molecule has 3 atom stereocenters. The number of hydrogen-bond acceptors (Lipinski definition) is 3. The van der Waals surface area contributed by atoms with E-state index >= 15 is 0 Å². The van der Waals surface area contributed by atoms with Crippen LogP contribution in [0.25, 0.3) is 0 Å². The van der Waals surface area contributed by atoms with Gasteiger partial charge in [0.1, 0.15) is 0 Å². The van der Waals surface area contributed by atoms with E-state index in [1.54, 1.807) is 0 Å². The molecule has 0 spiro atoms. The molecule has 0 radical (unpaired) electrons. The van der Waals surface area contributed by atoms with Gasteiger partial charge in [0.05, 0.1) is 12.2 Å². The molecule has 0 bridgehead atoms. The first kappa shape index (κ1) is 16.5. The minimum atomic E-state index is -0.454. The topological polar surface area (TPSA) is 52.5 Å². The summed E-state index contributed by atoms with van der Waals surface area (Å²) in [7, 11) is 0. The van der Waals surface area contributed by atoms with E-state index in [2.05, 4.69) is 31.3 Å². The first-order valence-corrected chi connectivity index (χ1v) is 8.20. The van der Waals surface area contributed by atoms with Crippen molar-refractivity contribution in [1.82, 2.24) is 5.32 Å². The Labute approximate surface area is 128 Å². The van der Waals surface area contributed by atoms with Gasteiger partial charge in [-0.15, -0.1) is 0 Å². The molecule has 0 amide bonds. The molecule has 21 heavy (non-hydrogen) atoms. The van der Waals surface area contributed by atoms with Gasteiger partial charge in [-0.3, -0.25) is 0 Å². The summed E-state index contributed by atoms with van der Waals surface area (Å²) in [6, 6.07) is 8.30. The van der Waals surface area contributed by atoms with Gasteiger partial charge in [-0.1, -0.05) is 38.1 Å². The predicted molar refractivity (Wildman–Crippen MR) is 86.2 cm³/mol. The first-order chi connectivity index (χ1) is 10.0. The maximum absolute atomic E-state index is 10.2. The third-order valence-electron chi connectivity index (χ3n) is 4.29. The Bertz CT molecular complexity index is 416. The molecule has 2 rings (SSSR count). The third-order valence-corrected chi connectivity index (χ3v) is 4.29. The molecule has 3 nitrogen and oxygen atoms in total. The summed E-state index contributed by atoms with van der Waals surface area (Å²) in [4.78, 5) is 0. The van der Waals surface area contributed by atoms with Crippen LogP contribution in [0.4, 0.5) is 0 Å². The van der Waals surface area contributed by atoms with Crippen molar-refractivity contribution in [2.45, 2.75) is 51.7 Å². The highest BCUT2D eigenvalue weighted by molar-refractivity contribution is 5.24. The van der Waals surface area contributed by atoms with Crippen LogP contribution < -0.4 is 5.32 Å². The van der Waals surface area contributed by atoms with E-state index < -0.39 is 6.10 Å². The summed E-state index contributed by atoms with van der Waals surface area (Å²) in [5.74, 6) is 1.21. The Morgan fingerprint density at radius 2 is 1.90 bits per heavy atom. The second-order valence-corrected chi connectivity index (χ2v) is 6.85. The van der Waals surface area contributed by atoms with E-state index in [0.29, 0.717) is 18.4 Å². The SMILES string of the molecule is CC(C)Cc1ccc(C(O)CNCC2CCC(O)C2)cc1. The maximum Gasteiger partial charge on any atom is 0.0914 e. The summed E-state index contributed by atoms with van der Waals surface area (Å²) in [6.45, 7) is 5.90. The van der Waals surface area contributed by atoms with Gasteiger partial charge in [0.15, 0.2) is 0 Å². The number of aliphatic hydroxyl groups is 2. The van der Waals surface area contributed by atoms with Crippen LogP contribution in [0.15, 0.2) is 24.3 Å². The van der Waals surface area contributed by atoms with Gasteiger partial charge in [0.2, 0.25) is 0 Å². The molecule has 1 fully saturated rings. The van der Waals surface area contributed by atoms with E-state index in [1.807, 2.05) is 12.1 Å². The second-order valence-electron chi connectivity index (χ2n) is 6.85. The molecule has 1 aliphatic rings. The number of hydrogen-bond donors (Lipinski definition) is 3. The molecule has 118 valence electrons. The molecular weight excluding hydrogens is 262 g/mol. The lowest BCUT2D eigenvalue weighted by molar-refractivity contribution is 0.167. The molecule has 0 aromatic heterocycles. The summed E-state index contributed by atoms with van der Waals surface area (Å²) in [5, 5.41) is 23.0. The Kier molecular flexibility index (Phi) is 6.22. The van der Waals surface area contributed by atoms with Crippen LogP contribution in [0, 0.1) is 11.8 Å². The van der Waals surface area contributed by atoms with E-state index in [9.17, 15) is 10.2 Å². The zero-order chi connectivity index (χ0) is 15.2. The minimum Gasteiger partial charge on any atom is -0.393 e. The number of nitrogens with one attached hydrogen (secondary N) is 1. The lowest BCUT2D eigenvalue weighted by Gasteiger charge is -2.15. The number of benzene rings is 1. The molecule has 3 heteroatoms. The van der Waals surface area contributed by atoms with Crippen molar-refractivity contribution in [2.75, 3.05) is 13.1 Å². The van der Waals surface area contributed by atoms with Gasteiger partial charge in [-0.25, -0.2) is 0 Å². The van der Waals surface area contributed by atoms with Crippen LogP contribution in [0.2, 0.25) is 0 Å². The van der Waals surface area contributed by atoms with Gasteiger partial charge >= 0.3 is 0 Å². The van der Waals surface area contributed by atoms with Crippen molar-refractivity contribution in [3.63, 3.8) is 0 Å². The van der Waals surface area contributed by atoms with Crippen LogP contribution in [-0.2, 0) is 6.42 Å². The van der Waals surface area contributed by atoms with Crippen molar-refractivity contribution >= 4 is 0 Å². The summed E-state index contributed by atoms with van der Waals surface area (Å²) in [5.41, 5.74) is 2.30. The molecule has 0 saturated heterocycles. The van der Waals surface area contributed by atoms with Crippen molar-refractivity contribution in [3.05, 3.63) is 35.4 Å². The van der Waals surface area contributed by atoms with Crippen molar-refractivity contribution in [3.8, 4) is 0 Å². The van der Waals surface area contributed by atoms with Crippen LogP contribution in [0.5, 0.6) is 0 Å². The van der Waals surface area contributed by atoms with Crippen molar-refractivity contribution < 1.29 is 10.2 Å². The predicted octanol–water partition coefficient (Wildman–Crippen LogP) is 2.67. The van der Waals surface area contributed by atoms with Crippen LogP contribution in [0.1, 0.15) is 50.3 Å². The van der Waals surface area contributed by atoms with Gasteiger partial charge in [-0.05, 0) is 55.2 Å². The Balaban J connectivity index is 1.73. The van der Waals surface area contributed by atoms with Crippen LogP contribution in [0.3, 0.4) is 0 Å². The Morgan fingerprint density at radius 1 is 1.19 bits per heavy atom. The lowest BCUT2D eigenvalue weighted by atomic mass is 10.00. The zero-order valence-corrected chi connectivity index (χ0v) is 13.3. The summed E-state index contributed by atoms with van der Waals surface area (Å²) >= 11 is 0. The fourth-order valence-corrected chi connectivity index (χ4v) is 3.12. The highest BCUT2D eigenvalue weighted by Gasteiger charge is 2.22. The zero-order valence-electron chi connectivity index (χ0n) is 13.3. The average molecular weight is 291 g/mol. The molecule has 1 aliphatic carbocycles. The van der Waals surface area contributed by atoms with Crippen molar-refractivity contribution in [2.24, 2.45) is 11.8 Å². The summed E-state index contributed by atoms with van der Waals surface area (Å²) < 4.78 is 0. The van der Waals surface area contributed by atoms with Crippen LogP contribution in [-0.4, -0.2) is 29.4 Å². The highest BCUT2D eigenvalue weighted by atomic mass is 16.3. The maximum atomic E-state index is 10.2. The molecule has 3 unspecified atom stereocenters. The molecule has 0 aliphatic heterocycles. The van der Waals surface area contributed by atoms with Gasteiger partial charge in [0.25, 0.3) is 0 Å². The average Bonchev–Trinajstić information content (AvgIpc) is 2.84. The second kappa shape index (κ2) is 7.92. The smallest absolute Gasteiger partial charge is 0.0914 e. The van der Waals surface area contributed by atoms with E-state index in [4.69, 9.17) is 0 Å². The van der Waals surface area contributed by atoms with Gasteiger partial charge in [-0.2, -0.15) is 0 Å². The first-order valence-electron chi connectivity index (χ1n) is 8.20. The monoisotopic (exact) mass is 291 g/mol. The third kappa shape index (κ3) is 5.42. The molecule has 0 heterocycles. The Morgan fingerprint density at radius 3 is 2.48 bits per heavy atom. The van der Waals surface area contributed by atoms with E-state index in [-0.39, 0.29) is 6.10 Å². The molecular formula is C18H29NO2. The fraction of sp³-hybridized carbons (Fsp3) is 0.667. The van der Waals surface area contributed by atoms with Crippen LogP contribution >= 0.6 is 0 Å². The summed E-state index contributed by atoms with van der Waals surface area (Å²) in [6.07, 6.45) is 3.42. The minimum absolute atomic E-state index is 0.116. The van der Waals surface area contributed by atoms with E-state index in [0.717, 1.165) is 37.8 Å². The standard InChI is InChI=1S/C18H29NO2/c1-13(2)9-14-3-6-16(7-4-14)18(21)12-19-11-15-5-8-17(20)10-15/h3-4,6-7,13,15,17-21H,5,8-12H2,1-2H3. The fourth-order valence-electron chi connectivity index (χ4n) is 3.12. The van der Waals surface area contributed by atoms with Gasteiger partial charge in [0, 0.05) is 6.54 Å². The normalized spacial score (nSPS) is 23.7. The number of aliphatic hydroxyl groups excluding tert-OH is 2. The number of rotatable bonds is 7. The largest absolute Gasteiger partial charge is 0.393 e. The molecule has 1 saturated carbocycles. The quantitative estimate of drug-likeness (QED) is 0.724.